The number of rotatable bonds is 4. The van der Waals surface area contributed by atoms with Crippen LogP contribution < -0.4 is 0 Å². The summed E-state index contributed by atoms with van der Waals surface area (Å²) in [7, 11) is 0. The second kappa shape index (κ2) is 4.99. The van der Waals surface area contributed by atoms with Crippen molar-refractivity contribution < 1.29 is 14.7 Å². The number of carboxylic acid groups (broad SMARTS) is 1. The van der Waals surface area contributed by atoms with Crippen LogP contribution in [0, 0.1) is 0 Å². The van der Waals surface area contributed by atoms with Crippen LogP contribution in [-0.2, 0) is 4.79 Å². The summed E-state index contributed by atoms with van der Waals surface area (Å²) in [5.74, 6) is -1.16. The van der Waals surface area contributed by atoms with Gasteiger partial charge in [0.15, 0.2) is 0 Å². The lowest BCUT2D eigenvalue weighted by molar-refractivity contribution is -0.137. The number of aromatic nitrogens is 2. The lowest BCUT2D eigenvalue weighted by Crippen LogP contribution is -2.46. The molecule has 2 N–H and O–H groups in total. The van der Waals surface area contributed by atoms with Crippen LogP contribution in [0.1, 0.15) is 37.7 Å². The number of carboxylic acids is 1. The van der Waals surface area contributed by atoms with E-state index in [9.17, 15) is 9.59 Å². The average molecular weight is 239 g/mol. The van der Waals surface area contributed by atoms with E-state index in [4.69, 9.17) is 5.11 Å². The van der Waals surface area contributed by atoms with E-state index >= 15 is 0 Å². The van der Waals surface area contributed by atoms with E-state index in [1.807, 2.05) is 20.8 Å². The maximum atomic E-state index is 12.1. The largest absolute Gasteiger partial charge is 0.481 e. The Labute approximate surface area is 99.6 Å². The average Bonchev–Trinajstić information content (AvgIpc) is 2.67. The SMILES string of the molecule is CC(C)(C)N(CCC(=O)O)C(=O)c1ccn[nH]1. The molecule has 0 aliphatic rings. The number of aromatic amines is 1. The van der Waals surface area contributed by atoms with Gasteiger partial charge in [0.05, 0.1) is 6.42 Å². The zero-order chi connectivity index (χ0) is 13.1. The molecule has 0 fully saturated rings. The first kappa shape index (κ1) is 13.2. The van der Waals surface area contributed by atoms with Crippen LogP contribution in [0.3, 0.4) is 0 Å². The minimum atomic E-state index is -0.920. The fourth-order valence-corrected chi connectivity index (χ4v) is 1.47. The molecule has 17 heavy (non-hydrogen) atoms. The number of amides is 1. The molecule has 1 aromatic rings. The molecule has 1 heterocycles. The summed E-state index contributed by atoms with van der Waals surface area (Å²) in [4.78, 5) is 24.2. The summed E-state index contributed by atoms with van der Waals surface area (Å²) >= 11 is 0. The lowest BCUT2D eigenvalue weighted by atomic mass is 10.0. The predicted octanol–water partition coefficient (Wildman–Crippen LogP) is 1.13. The second-order valence-electron chi connectivity index (χ2n) is 4.74. The van der Waals surface area contributed by atoms with Gasteiger partial charge in [-0.2, -0.15) is 5.10 Å². The van der Waals surface area contributed by atoms with Gasteiger partial charge in [0.2, 0.25) is 0 Å². The van der Waals surface area contributed by atoms with E-state index in [-0.39, 0.29) is 18.9 Å². The van der Waals surface area contributed by atoms with E-state index < -0.39 is 11.5 Å². The number of hydrogen-bond acceptors (Lipinski definition) is 3. The van der Waals surface area contributed by atoms with Crippen molar-refractivity contribution in [3.05, 3.63) is 18.0 Å². The molecule has 0 aromatic carbocycles. The topological polar surface area (TPSA) is 86.3 Å². The standard InChI is InChI=1S/C11H17N3O3/c1-11(2,3)14(7-5-9(15)16)10(17)8-4-6-12-13-8/h4,6H,5,7H2,1-3H3,(H,12,13)(H,15,16). The molecular weight excluding hydrogens is 222 g/mol. The second-order valence-corrected chi connectivity index (χ2v) is 4.74. The number of H-pyrrole nitrogens is 1. The molecule has 1 amide bonds. The molecule has 1 rings (SSSR count). The molecule has 1 aromatic heterocycles. The molecule has 0 saturated heterocycles. The third-order valence-electron chi connectivity index (χ3n) is 2.34. The van der Waals surface area contributed by atoms with E-state index in [2.05, 4.69) is 10.2 Å². The zero-order valence-corrected chi connectivity index (χ0v) is 10.2. The van der Waals surface area contributed by atoms with Crippen LogP contribution in [-0.4, -0.2) is 44.2 Å². The van der Waals surface area contributed by atoms with Crippen molar-refractivity contribution >= 4 is 11.9 Å². The van der Waals surface area contributed by atoms with Crippen LogP contribution in [0.15, 0.2) is 12.3 Å². The molecule has 94 valence electrons. The first-order valence-electron chi connectivity index (χ1n) is 5.35. The fourth-order valence-electron chi connectivity index (χ4n) is 1.47. The number of aliphatic carboxylic acids is 1. The number of nitrogens with zero attached hydrogens (tertiary/aromatic N) is 2. The monoisotopic (exact) mass is 239 g/mol. The van der Waals surface area contributed by atoms with Gasteiger partial charge < -0.3 is 10.0 Å². The first-order chi connectivity index (χ1) is 7.82. The summed E-state index contributed by atoms with van der Waals surface area (Å²) in [6, 6.07) is 1.57. The quantitative estimate of drug-likeness (QED) is 0.824. The Hall–Kier alpha value is -1.85. The highest BCUT2D eigenvalue weighted by Crippen LogP contribution is 2.16. The Kier molecular flexibility index (Phi) is 3.88. The van der Waals surface area contributed by atoms with Crippen LogP contribution >= 0.6 is 0 Å². The lowest BCUT2D eigenvalue weighted by Gasteiger charge is -2.35. The molecule has 0 aliphatic heterocycles. The molecule has 0 spiro atoms. The van der Waals surface area contributed by atoms with Crippen molar-refractivity contribution in [2.75, 3.05) is 6.54 Å². The summed E-state index contributed by atoms with van der Waals surface area (Å²) in [6.07, 6.45) is 1.42. The molecule has 0 bridgehead atoms. The van der Waals surface area contributed by atoms with E-state index in [1.54, 1.807) is 6.07 Å². The summed E-state index contributed by atoms with van der Waals surface area (Å²) in [5, 5.41) is 15.0. The first-order valence-corrected chi connectivity index (χ1v) is 5.35. The summed E-state index contributed by atoms with van der Waals surface area (Å²) in [5.41, 5.74) is -0.0669. The van der Waals surface area contributed by atoms with Crippen molar-refractivity contribution in [3.8, 4) is 0 Å². The third-order valence-corrected chi connectivity index (χ3v) is 2.34. The molecule has 0 radical (unpaired) electrons. The van der Waals surface area contributed by atoms with E-state index in [1.165, 1.54) is 11.1 Å². The molecule has 0 unspecified atom stereocenters. The van der Waals surface area contributed by atoms with Gasteiger partial charge >= 0.3 is 5.97 Å². The zero-order valence-electron chi connectivity index (χ0n) is 10.2. The Morgan fingerprint density at radius 3 is 2.53 bits per heavy atom. The van der Waals surface area contributed by atoms with Crippen molar-refractivity contribution in [1.82, 2.24) is 15.1 Å². The van der Waals surface area contributed by atoms with Gasteiger partial charge in [0.25, 0.3) is 5.91 Å². The molecule has 6 heteroatoms. The van der Waals surface area contributed by atoms with Crippen LogP contribution in [0.25, 0.3) is 0 Å². The maximum absolute atomic E-state index is 12.1. The molecule has 0 aliphatic carbocycles. The highest BCUT2D eigenvalue weighted by atomic mass is 16.4. The van der Waals surface area contributed by atoms with Gasteiger partial charge in [-0.25, -0.2) is 0 Å². The van der Waals surface area contributed by atoms with E-state index in [0.717, 1.165) is 0 Å². The predicted molar refractivity (Wildman–Crippen MR) is 61.6 cm³/mol. The normalized spacial score (nSPS) is 11.2. The van der Waals surface area contributed by atoms with Crippen LogP contribution in [0.4, 0.5) is 0 Å². The van der Waals surface area contributed by atoms with Gasteiger partial charge in [-0.15, -0.1) is 0 Å². The number of carbonyl (C=O) groups excluding carboxylic acids is 1. The molecular formula is C11H17N3O3. The Morgan fingerprint density at radius 2 is 2.12 bits per heavy atom. The van der Waals surface area contributed by atoms with Crippen molar-refractivity contribution in [2.45, 2.75) is 32.7 Å². The number of carbonyl (C=O) groups is 2. The Balaban J connectivity index is 2.84. The van der Waals surface area contributed by atoms with Gasteiger partial charge in [0, 0.05) is 18.3 Å². The minimum absolute atomic E-state index is 0.0723. The minimum Gasteiger partial charge on any atom is -0.481 e. The fraction of sp³-hybridized carbons (Fsp3) is 0.545. The smallest absolute Gasteiger partial charge is 0.305 e. The molecule has 0 atom stereocenters. The maximum Gasteiger partial charge on any atom is 0.305 e. The number of nitrogens with one attached hydrogen (secondary N) is 1. The number of hydrogen-bond donors (Lipinski definition) is 2. The molecule has 0 saturated carbocycles. The van der Waals surface area contributed by atoms with Crippen LogP contribution in [0.2, 0.25) is 0 Å². The highest BCUT2D eigenvalue weighted by molar-refractivity contribution is 5.92. The van der Waals surface area contributed by atoms with E-state index in [0.29, 0.717) is 5.69 Å². The van der Waals surface area contributed by atoms with Crippen LogP contribution in [0.5, 0.6) is 0 Å². The summed E-state index contributed by atoms with van der Waals surface area (Å²) < 4.78 is 0. The van der Waals surface area contributed by atoms with Gasteiger partial charge in [-0.05, 0) is 26.8 Å². The van der Waals surface area contributed by atoms with Gasteiger partial charge in [0.1, 0.15) is 5.69 Å². The highest BCUT2D eigenvalue weighted by Gasteiger charge is 2.28. The van der Waals surface area contributed by atoms with Crippen molar-refractivity contribution in [3.63, 3.8) is 0 Å². The molecule has 6 nitrogen and oxygen atoms in total. The van der Waals surface area contributed by atoms with Gasteiger partial charge in [-0.3, -0.25) is 14.7 Å². The van der Waals surface area contributed by atoms with Crippen molar-refractivity contribution in [1.29, 1.82) is 0 Å². The Morgan fingerprint density at radius 1 is 1.47 bits per heavy atom. The third kappa shape index (κ3) is 3.58. The summed E-state index contributed by atoms with van der Waals surface area (Å²) in [6.45, 7) is 5.77. The van der Waals surface area contributed by atoms with Crippen molar-refractivity contribution in [2.24, 2.45) is 0 Å². The van der Waals surface area contributed by atoms with Gasteiger partial charge in [-0.1, -0.05) is 0 Å². The Bertz CT molecular complexity index is 393.